The second-order valence-electron chi connectivity index (χ2n) is 5.73. The monoisotopic (exact) mass is 550 g/mol. The maximum Gasteiger partial charge on any atom is 0.0603 e. The molecule has 3 nitrogen and oxygen atoms in total. The molecule has 0 unspecified atom stereocenters. The van der Waals surface area contributed by atoms with Crippen molar-refractivity contribution in [2.24, 2.45) is 0 Å². The van der Waals surface area contributed by atoms with E-state index in [0.717, 1.165) is 23.2 Å². The van der Waals surface area contributed by atoms with Gasteiger partial charge in [0.15, 0.2) is 0 Å². The molecule has 6 heteroatoms. The molecule has 0 aliphatic carbocycles. The first-order valence-electron chi connectivity index (χ1n) is 8.22. The largest absolute Gasteiger partial charge is 0.347 e. The summed E-state index contributed by atoms with van der Waals surface area (Å²) in [6, 6.07) is 20.8. The van der Waals surface area contributed by atoms with Crippen molar-refractivity contribution in [2.75, 3.05) is 0 Å². The van der Waals surface area contributed by atoms with Crippen LogP contribution in [0.2, 0.25) is 0 Å². The van der Waals surface area contributed by atoms with Crippen LogP contribution in [0.3, 0.4) is 0 Å². The molecule has 0 bridgehead atoms. The van der Waals surface area contributed by atoms with Gasteiger partial charge in [-0.05, 0) is 18.0 Å². The fourth-order valence-corrected chi connectivity index (χ4v) is 2.72. The Kier molecular flexibility index (Phi) is 6.24. The summed E-state index contributed by atoms with van der Waals surface area (Å²) < 4.78 is 27.8. The standard InChI is InChI=1S/C11H6F2N.C11H7N2.Ir/c12-8-4-5-9(10(13)7-8)11-3-1-2-6-14-11;1-2-4-10-9(3-1)5-7-13-8-6-12-11(10)13;/h1-4,6-7H;1-3,5-8H;/q2*-1;. The number of pyridine rings is 2. The van der Waals surface area contributed by atoms with Crippen molar-refractivity contribution in [3.05, 3.63) is 103 Å². The van der Waals surface area contributed by atoms with Crippen molar-refractivity contribution in [1.82, 2.24) is 14.4 Å². The van der Waals surface area contributed by atoms with Crippen molar-refractivity contribution < 1.29 is 28.9 Å². The van der Waals surface area contributed by atoms with Crippen LogP contribution >= 0.6 is 0 Å². The van der Waals surface area contributed by atoms with E-state index in [2.05, 4.69) is 34.2 Å². The Morgan fingerprint density at radius 3 is 2.57 bits per heavy atom. The molecule has 0 aliphatic heterocycles. The third-order valence-electron chi connectivity index (χ3n) is 3.97. The van der Waals surface area contributed by atoms with Gasteiger partial charge >= 0.3 is 0 Å². The molecule has 0 fully saturated rings. The van der Waals surface area contributed by atoms with Gasteiger partial charge in [-0.3, -0.25) is 13.8 Å². The van der Waals surface area contributed by atoms with Crippen LogP contribution in [0, 0.1) is 23.8 Å². The predicted molar refractivity (Wildman–Crippen MR) is 100.0 cm³/mol. The topological polar surface area (TPSA) is 30.2 Å². The molecule has 0 N–H and O–H groups in total. The van der Waals surface area contributed by atoms with Gasteiger partial charge in [0.2, 0.25) is 0 Å². The van der Waals surface area contributed by atoms with Gasteiger partial charge < -0.3 is 9.38 Å². The SMILES string of the molecule is Fc1c[c-]c(-c2ccccn2)c(F)c1.[Ir].[c-]1cccc2ccn3ccnc3c12. The summed E-state index contributed by atoms with van der Waals surface area (Å²) >= 11 is 0. The Morgan fingerprint density at radius 2 is 1.79 bits per heavy atom. The van der Waals surface area contributed by atoms with Gasteiger partial charge in [0.25, 0.3) is 0 Å². The smallest absolute Gasteiger partial charge is 0.0603 e. The van der Waals surface area contributed by atoms with Gasteiger partial charge in [0.05, 0.1) is 5.65 Å². The summed E-state index contributed by atoms with van der Waals surface area (Å²) in [4.78, 5) is 8.22. The minimum Gasteiger partial charge on any atom is -0.347 e. The molecule has 1 radical (unpaired) electrons. The molecule has 0 amide bonds. The Bertz CT molecular complexity index is 1210. The maximum absolute atomic E-state index is 13.2. The summed E-state index contributed by atoms with van der Waals surface area (Å²) in [5.74, 6) is -1.29. The number of rotatable bonds is 1. The number of hydrogen-bond acceptors (Lipinski definition) is 2. The quantitative estimate of drug-likeness (QED) is 0.272. The first-order valence-corrected chi connectivity index (χ1v) is 8.22. The molecule has 5 aromatic rings. The molecule has 0 spiro atoms. The second-order valence-corrected chi connectivity index (χ2v) is 5.73. The molecule has 141 valence electrons. The molecule has 5 rings (SSSR count). The molecule has 0 saturated carbocycles. The van der Waals surface area contributed by atoms with Gasteiger partial charge in [-0.2, -0.15) is 0 Å². The average Bonchev–Trinajstić information content (AvgIpc) is 3.19. The van der Waals surface area contributed by atoms with E-state index >= 15 is 0 Å². The third-order valence-corrected chi connectivity index (χ3v) is 3.97. The normalized spacial score (nSPS) is 10.2. The van der Waals surface area contributed by atoms with Crippen molar-refractivity contribution in [2.45, 2.75) is 0 Å². The molecule has 0 saturated heterocycles. The Morgan fingerprint density at radius 1 is 0.893 bits per heavy atom. The zero-order valence-electron chi connectivity index (χ0n) is 14.4. The fourth-order valence-electron chi connectivity index (χ4n) is 2.72. The molecule has 0 aliphatic rings. The molecule has 3 heterocycles. The van der Waals surface area contributed by atoms with E-state index in [4.69, 9.17) is 0 Å². The third kappa shape index (κ3) is 4.14. The predicted octanol–water partition coefficient (Wildman–Crippen LogP) is 5.11. The number of benzene rings is 2. The summed E-state index contributed by atoms with van der Waals surface area (Å²) in [5.41, 5.74) is 1.61. The number of fused-ring (bicyclic) bond motifs is 3. The van der Waals surface area contributed by atoms with Crippen LogP contribution in [0.1, 0.15) is 0 Å². The average molecular weight is 550 g/mol. The molecule has 3 aromatic heterocycles. The number of nitrogens with zero attached hydrogens (tertiary/aromatic N) is 3. The maximum atomic E-state index is 13.2. The zero-order valence-corrected chi connectivity index (χ0v) is 16.8. The minimum atomic E-state index is -0.649. The number of hydrogen-bond donors (Lipinski definition) is 0. The van der Waals surface area contributed by atoms with Gasteiger partial charge in [-0.15, -0.1) is 47.2 Å². The first-order chi connectivity index (χ1) is 13.2. The Labute approximate surface area is 174 Å². The Balaban J connectivity index is 0.000000155. The van der Waals surface area contributed by atoms with Gasteiger partial charge in [0, 0.05) is 50.3 Å². The van der Waals surface area contributed by atoms with E-state index in [0.29, 0.717) is 5.69 Å². The molecule has 28 heavy (non-hydrogen) atoms. The number of halogens is 2. The van der Waals surface area contributed by atoms with E-state index in [1.165, 1.54) is 5.39 Å². The van der Waals surface area contributed by atoms with Crippen LogP contribution in [0.25, 0.3) is 27.7 Å². The van der Waals surface area contributed by atoms with E-state index < -0.39 is 11.6 Å². The van der Waals surface area contributed by atoms with Crippen LogP contribution in [0.15, 0.2) is 79.4 Å². The summed E-state index contributed by atoms with van der Waals surface area (Å²) in [6.45, 7) is 0. The van der Waals surface area contributed by atoms with Crippen molar-refractivity contribution >= 4 is 16.4 Å². The number of imidazole rings is 1. The van der Waals surface area contributed by atoms with E-state index in [1.54, 1.807) is 30.6 Å². The molecular weight excluding hydrogens is 536 g/mol. The summed E-state index contributed by atoms with van der Waals surface area (Å²) in [7, 11) is 0. The van der Waals surface area contributed by atoms with Gasteiger partial charge in [-0.25, -0.2) is 0 Å². The minimum absolute atomic E-state index is 0. The van der Waals surface area contributed by atoms with E-state index in [9.17, 15) is 8.78 Å². The van der Waals surface area contributed by atoms with Crippen LogP contribution in [0.4, 0.5) is 8.78 Å². The van der Waals surface area contributed by atoms with E-state index in [-0.39, 0.29) is 25.7 Å². The van der Waals surface area contributed by atoms with Crippen LogP contribution in [0.5, 0.6) is 0 Å². The molecule has 0 atom stereocenters. The number of aromatic nitrogens is 3. The van der Waals surface area contributed by atoms with Crippen molar-refractivity contribution in [1.29, 1.82) is 0 Å². The summed E-state index contributed by atoms with van der Waals surface area (Å²) in [5, 5.41) is 2.26. The van der Waals surface area contributed by atoms with E-state index in [1.807, 2.05) is 28.9 Å². The fraction of sp³-hybridized carbons (Fsp3) is 0. The Hall–Kier alpha value is -2.95. The van der Waals surface area contributed by atoms with Crippen LogP contribution in [-0.2, 0) is 20.1 Å². The van der Waals surface area contributed by atoms with Gasteiger partial charge in [-0.1, -0.05) is 29.8 Å². The van der Waals surface area contributed by atoms with Crippen molar-refractivity contribution in [3.8, 4) is 11.3 Å². The van der Waals surface area contributed by atoms with Crippen molar-refractivity contribution in [3.63, 3.8) is 0 Å². The van der Waals surface area contributed by atoms with Crippen LogP contribution in [-0.4, -0.2) is 14.4 Å². The first kappa shape index (κ1) is 19.8. The second kappa shape index (κ2) is 8.83. The van der Waals surface area contributed by atoms with Gasteiger partial charge in [0.1, 0.15) is 0 Å². The molecule has 2 aromatic carbocycles. The zero-order chi connectivity index (χ0) is 18.6. The molecular formula is C22H13F2IrN3-2. The summed E-state index contributed by atoms with van der Waals surface area (Å²) in [6.07, 6.45) is 7.30. The van der Waals surface area contributed by atoms with Crippen LogP contribution < -0.4 is 0 Å².